The Balaban J connectivity index is 1.64. The molecule has 3 rings (SSSR count). The van der Waals surface area contributed by atoms with Crippen LogP contribution in [0.15, 0.2) is 73.2 Å². The number of carbonyl (C=O) groups excluding carboxylic acids is 1. The fraction of sp³-hybridized carbons (Fsp3) is 0.150. The first-order valence-electron chi connectivity index (χ1n) is 8.15. The smallest absolute Gasteiger partial charge is 0.272 e. The number of aromatic nitrogens is 2. The molecule has 0 fully saturated rings. The number of carbonyl (C=O) groups is 1. The number of hydrogen-bond acceptors (Lipinski definition) is 4. The van der Waals surface area contributed by atoms with Crippen LogP contribution in [0.25, 0.3) is 0 Å². The minimum Gasteiger partial charge on any atom is -0.355 e. The number of para-hydroxylation sites is 1. The Morgan fingerprint density at radius 3 is 2.52 bits per heavy atom. The third-order valence-corrected chi connectivity index (χ3v) is 3.87. The summed E-state index contributed by atoms with van der Waals surface area (Å²) < 4.78 is 0. The fourth-order valence-corrected chi connectivity index (χ4v) is 2.46. The topological polar surface area (TPSA) is 58.1 Å². The molecular weight excluding hydrogens is 312 g/mol. The van der Waals surface area contributed by atoms with Crippen LogP contribution in [0.5, 0.6) is 0 Å². The predicted molar refractivity (Wildman–Crippen MR) is 98.9 cm³/mol. The summed E-state index contributed by atoms with van der Waals surface area (Å²) in [5.74, 6) is -0.0919. The minimum absolute atomic E-state index is 0.0919. The number of anilines is 2. The molecule has 0 saturated carbocycles. The molecule has 5 heteroatoms. The van der Waals surface area contributed by atoms with Gasteiger partial charge in [-0.3, -0.25) is 14.8 Å². The van der Waals surface area contributed by atoms with Gasteiger partial charge in [-0.25, -0.2) is 0 Å². The Labute approximate surface area is 147 Å². The van der Waals surface area contributed by atoms with E-state index in [4.69, 9.17) is 0 Å². The van der Waals surface area contributed by atoms with E-state index in [2.05, 4.69) is 15.3 Å². The summed E-state index contributed by atoms with van der Waals surface area (Å²) >= 11 is 0. The highest BCUT2D eigenvalue weighted by atomic mass is 16.2. The van der Waals surface area contributed by atoms with Gasteiger partial charge < -0.3 is 10.2 Å². The van der Waals surface area contributed by atoms with Gasteiger partial charge in [-0.1, -0.05) is 18.2 Å². The van der Waals surface area contributed by atoms with Crippen LogP contribution in [-0.4, -0.2) is 34.4 Å². The predicted octanol–water partition coefficient (Wildman–Crippen LogP) is 3.53. The van der Waals surface area contributed by atoms with E-state index in [1.165, 1.54) is 0 Å². The van der Waals surface area contributed by atoms with E-state index in [1.807, 2.05) is 48.5 Å². The maximum atomic E-state index is 12.6. The maximum absolute atomic E-state index is 12.6. The lowest BCUT2D eigenvalue weighted by Crippen LogP contribution is -2.29. The zero-order valence-corrected chi connectivity index (χ0v) is 14.1. The molecule has 0 atom stereocenters. The molecule has 1 N–H and O–H groups in total. The quantitative estimate of drug-likeness (QED) is 0.750. The highest BCUT2D eigenvalue weighted by Crippen LogP contribution is 2.16. The fourth-order valence-electron chi connectivity index (χ4n) is 2.46. The van der Waals surface area contributed by atoms with Crippen LogP contribution < -0.4 is 5.32 Å². The summed E-state index contributed by atoms with van der Waals surface area (Å²) in [5, 5.41) is 3.28. The van der Waals surface area contributed by atoms with Crippen molar-refractivity contribution in [3.05, 3.63) is 84.4 Å². The van der Waals surface area contributed by atoms with Crippen molar-refractivity contribution in [2.24, 2.45) is 0 Å². The van der Waals surface area contributed by atoms with Gasteiger partial charge in [0.1, 0.15) is 5.69 Å². The summed E-state index contributed by atoms with van der Waals surface area (Å²) in [5.41, 5.74) is 3.39. The van der Waals surface area contributed by atoms with Crippen LogP contribution in [0, 0.1) is 0 Å². The van der Waals surface area contributed by atoms with E-state index in [9.17, 15) is 4.79 Å². The Morgan fingerprint density at radius 2 is 1.76 bits per heavy atom. The van der Waals surface area contributed by atoms with Crippen LogP contribution in [0.4, 0.5) is 11.4 Å². The SMILES string of the molecule is CN(CCc1ccncc1)C(=O)c1cc(Nc2ccccc2)ccn1. The zero-order valence-electron chi connectivity index (χ0n) is 14.1. The van der Waals surface area contributed by atoms with E-state index < -0.39 is 0 Å². The van der Waals surface area contributed by atoms with Crippen LogP contribution >= 0.6 is 0 Å². The van der Waals surface area contributed by atoms with E-state index in [0.29, 0.717) is 12.2 Å². The molecule has 0 unspecified atom stereocenters. The molecule has 3 aromatic rings. The highest BCUT2D eigenvalue weighted by Gasteiger charge is 2.13. The number of rotatable bonds is 6. The van der Waals surface area contributed by atoms with Crippen molar-refractivity contribution in [2.45, 2.75) is 6.42 Å². The third-order valence-electron chi connectivity index (χ3n) is 3.87. The van der Waals surface area contributed by atoms with Gasteiger partial charge in [0, 0.05) is 43.6 Å². The second-order valence-electron chi connectivity index (χ2n) is 5.75. The lowest BCUT2D eigenvalue weighted by atomic mass is 10.2. The second kappa shape index (κ2) is 8.06. The van der Waals surface area contributed by atoms with E-state index in [0.717, 1.165) is 23.4 Å². The molecule has 0 saturated heterocycles. The number of nitrogens with zero attached hydrogens (tertiary/aromatic N) is 3. The average Bonchev–Trinajstić information content (AvgIpc) is 2.67. The highest BCUT2D eigenvalue weighted by molar-refractivity contribution is 5.93. The van der Waals surface area contributed by atoms with Gasteiger partial charge >= 0.3 is 0 Å². The minimum atomic E-state index is -0.0919. The second-order valence-corrected chi connectivity index (χ2v) is 5.75. The van der Waals surface area contributed by atoms with Crippen LogP contribution in [0.3, 0.4) is 0 Å². The zero-order chi connectivity index (χ0) is 17.5. The number of amides is 1. The van der Waals surface area contributed by atoms with Crippen molar-refractivity contribution in [2.75, 3.05) is 18.9 Å². The van der Waals surface area contributed by atoms with Gasteiger partial charge in [0.15, 0.2) is 0 Å². The molecule has 0 spiro atoms. The van der Waals surface area contributed by atoms with Crippen LogP contribution in [0.1, 0.15) is 16.1 Å². The first-order chi connectivity index (χ1) is 12.2. The first kappa shape index (κ1) is 16.6. The maximum Gasteiger partial charge on any atom is 0.272 e. The lowest BCUT2D eigenvalue weighted by Gasteiger charge is -2.17. The lowest BCUT2D eigenvalue weighted by molar-refractivity contribution is 0.0791. The number of hydrogen-bond donors (Lipinski definition) is 1. The van der Waals surface area contributed by atoms with Crippen molar-refractivity contribution in [3.8, 4) is 0 Å². The van der Waals surface area contributed by atoms with Gasteiger partial charge in [-0.2, -0.15) is 0 Å². The number of likely N-dealkylation sites (N-methyl/N-ethyl adjacent to an activating group) is 1. The Hall–Kier alpha value is -3.21. The molecule has 1 amide bonds. The Bertz CT molecular complexity index is 821. The van der Waals surface area contributed by atoms with E-state index in [-0.39, 0.29) is 5.91 Å². The van der Waals surface area contributed by atoms with Gasteiger partial charge in [-0.05, 0) is 48.4 Å². The van der Waals surface area contributed by atoms with Crippen molar-refractivity contribution >= 4 is 17.3 Å². The summed E-state index contributed by atoms with van der Waals surface area (Å²) in [4.78, 5) is 22.5. The van der Waals surface area contributed by atoms with Crippen molar-refractivity contribution in [1.29, 1.82) is 0 Å². The molecule has 126 valence electrons. The van der Waals surface area contributed by atoms with Crippen LogP contribution in [0.2, 0.25) is 0 Å². The summed E-state index contributed by atoms with van der Waals surface area (Å²) in [6.07, 6.45) is 5.96. The summed E-state index contributed by atoms with van der Waals surface area (Å²) in [6, 6.07) is 17.4. The van der Waals surface area contributed by atoms with Crippen molar-refractivity contribution < 1.29 is 4.79 Å². The largest absolute Gasteiger partial charge is 0.355 e. The third kappa shape index (κ3) is 4.64. The first-order valence-corrected chi connectivity index (χ1v) is 8.15. The molecule has 25 heavy (non-hydrogen) atoms. The number of pyridine rings is 2. The molecule has 0 radical (unpaired) electrons. The molecule has 0 aliphatic carbocycles. The molecule has 0 aliphatic rings. The van der Waals surface area contributed by atoms with E-state index >= 15 is 0 Å². The van der Waals surface area contributed by atoms with Gasteiger partial charge in [0.2, 0.25) is 0 Å². The number of benzene rings is 1. The Kier molecular flexibility index (Phi) is 5.36. The van der Waals surface area contributed by atoms with E-state index in [1.54, 1.807) is 36.6 Å². The molecule has 2 aromatic heterocycles. The molecular formula is C20H20N4O. The Morgan fingerprint density at radius 1 is 1.00 bits per heavy atom. The monoisotopic (exact) mass is 332 g/mol. The molecule has 2 heterocycles. The average molecular weight is 332 g/mol. The molecule has 0 aliphatic heterocycles. The molecule has 0 bridgehead atoms. The summed E-state index contributed by atoms with van der Waals surface area (Å²) in [6.45, 7) is 0.626. The van der Waals surface area contributed by atoms with Gasteiger partial charge in [0.25, 0.3) is 5.91 Å². The standard InChI is InChI=1S/C20H20N4O/c1-24(14-10-16-7-11-21-12-8-16)20(25)19-15-18(9-13-22-19)23-17-5-3-2-4-6-17/h2-9,11-13,15H,10,14H2,1H3,(H,22,23). The molecule has 5 nitrogen and oxygen atoms in total. The van der Waals surface area contributed by atoms with Gasteiger partial charge in [-0.15, -0.1) is 0 Å². The number of nitrogens with one attached hydrogen (secondary N) is 1. The van der Waals surface area contributed by atoms with Crippen molar-refractivity contribution in [3.63, 3.8) is 0 Å². The molecule has 1 aromatic carbocycles. The van der Waals surface area contributed by atoms with Crippen molar-refractivity contribution in [1.82, 2.24) is 14.9 Å². The summed E-state index contributed by atoms with van der Waals surface area (Å²) in [7, 11) is 1.79. The normalized spacial score (nSPS) is 10.3. The van der Waals surface area contributed by atoms with Crippen LogP contribution in [-0.2, 0) is 6.42 Å². The van der Waals surface area contributed by atoms with Gasteiger partial charge in [0.05, 0.1) is 0 Å².